The fourth-order valence-electron chi connectivity index (χ4n) is 4.26. The van der Waals surface area contributed by atoms with Gasteiger partial charge in [0.1, 0.15) is 17.2 Å². The molecule has 156 valence electrons. The largest absolute Gasteiger partial charge is 0.367 e. The van der Waals surface area contributed by atoms with Crippen molar-refractivity contribution in [3.05, 3.63) is 90.0 Å². The third-order valence-electron chi connectivity index (χ3n) is 5.81. The van der Waals surface area contributed by atoms with Crippen LogP contribution in [0.3, 0.4) is 0 Å². The van der Waals surface area contributed by atoms with Crippen LogP contribution in [0.5, 0.6) is 0 Å². The first-order valence-electron chi connectivity index (χ1n) is 10.5. The second kappa shape index (κ2) is 7.87. The summed E-state index contributed by atoms with van der Waals surface area (Å²) in [5.41, 5.74) is 2.55. The Morgan fingerprint density at radius 1 is 0.871 bits per heavy atom. The van der Waals surface area contributed by atoms with Gasteiger partial charge in [0.25, 0.3) is 5.91 Å². The van der Waals surface area contributed by atoms with E-state index in [0.29, 0.717) is 24.5 Å². The van der Waals surface area contributed by atoms with Crippen molar-refractivity contribution in [2.24, 2.45) is 0 Å². The molecule has 1 aromatic heterocycles. The summed E-state index contributed by atoms with van der Waals surface area (Å²) in [4.78, 5) is 17.5. The zero-order chi connectivity index (χ0) is 21.4. The lowest BCUT2D eigenvalue weighted by atomic mass is 10.1. The molecule has 0 unspecified atom stereocenters. The summed E-state index contributed by atoms with van der Waals surface area (Å²) in [6.07, 6.45) is 0. The Hall–Kier alpha value is -3.67. The number of aromatic nitrogens is 2. The highest BCUT2D eigenvalue weighted by Gasteiger charge is 2.26. The number of anilines is 1. The van der Waals surface area contributed by atoms with Gasteiger partial charge in [-0.15, -0.1) is 0 Å². The maximum Gasteiger partial charge on any atom is 0.272 e. The summed E-state index contributed by atoms with van der Waals surface area (Å²) in [7, 11) is 0. The number of carbonyl (C=O) groups excluding carboxylic acids is 1. The fourth-order valence-corrected chi connectivity index (χ4v) is 4.26. The van der Waals surface area contributed by atoms with E-state index in [-0.39, 0.29) is 11.6 Å². The predicted molar refractivity (Wildman–Crippen MR) is 120 cm³/mol. The number of carbonyl (C=O) groups is 1. The molecule has 1 fully saturated rings. The molecule has 3 aromatic carbocycles. The number of fused-ring (bicyclic) bond motifs is 1. The first-order chi connectivity index (χ1) is 15.1. The molecule has 0 bridgehead atoms. The first kappa shape index (κ1) is 19.3. The lowest BCUT2D eigenvalue weighted by Crippen LogP contribution is -2.49. The lowest BCUT2D eigenvalue weighted by Gasteiger charge is -2.36. The number of amides is 1. The van der Waals surface area contributed by atoms with Gasteiger partial charge in [-0.25, -0.2) is 9.07 Å². The summed E-state index contributed by atoms with van der Waals surface area (Å²) in [5, 5.41) is 6.80. The zero-order valence-corrected chi connectivity index (χ0v) is 17.3. The Morgan fingerprint density at radius 2 is 1.55 bits per heavy atom. The van der Waals surface area contributed by atoms with Crippen molar-refractivity contribution >= 4 is 22.4 Å². The smallest absolute Gasteiger partial charge is 0.272 e. The third kappa shape index (κ3) is 3.54. The molecule has 1 aliphatic rings. The quantitative estimate of drug-likeness (QED) is 0.498. The minimum absolute atomic E-state index is 0.124. The fraction of sp³-hybridized carbons (Fsp3) is 0.200. The number of hydrogen-bond acceptors (Lipinski definition) is 3. The molecule has 0 saturated carbocycles. The molecule has 5 rings (SSSR count). The van der Waals surface area contributed by atoms with Crippen LogP contribution in [0.15, 0.2) is 72.8 Å². The SMILES string of the molecule is Cc1cc(C(=O)N2CCN(c3cccc4ccccc34)CC2)n(-c2ccccc2F)n1. The molecule has 6 heteroatoms. The molecule has 0 radical (unpaired) electrons. The molecular formula is C25H23FN4O. The van der Waals surface area contributed by atoms with Gasteiger partial charge in [0.15, 0.2) is 0 Å². The predicted octanol–water partition coefficient (Wildman–Crippen LogP) is 4.44. The summed E-state index contributed by atoms with van der Waals surface area (Å²) in [5.74, 6) is -0.526. The Kier molecular flexibility index (Phi) is 4.90. The number of benzene rings is 3. The molecule has 31 heavy (non-hydrogen) atoms. The van der Waals surface area contributed by atoms with Crippen LogP contribution in [0.4, 0.5) is 10.1 Å². The molecule has 0 spiro atoms. The molecule has 2 heterocycles. The zero-order valence-electron chi connectivity index (χ0n) is 17.3. The number of aryl methyl sites for hydroxylation is 1. The minimum atomic E-state index is -0.402. The second-order valence-electron chi connectivity index (χ2n) is 7.81. The van der Waals surface area contributed by atoms with Gasteiger partial charge in [-0.05, 0) is 36.6 Å². The van der Waals surface area contributed by atoms with E-state index in [1.54, 1.807) is 24.3 Å². The summed E-state index contributed by atoms with van der Waals surface area (Å²) in [6, 6.07) is 22.8. The number of hydrogen-bond donors (Lipinski definition) is 0. The van der Waals surface area contributed by atoms with Crippen LogP contribution < -0.4 is 4.90 Å². The maximum atomic E-state index is 14.3. The van der Waals surface area contributed by atoms with Crippen molar-refractivity contribution < 1.29 is 9.18 Å². The summed E-state index contributed by atoms with van der Waals surface area (Å²) >= 11 is 0. The monoisotopic (exact) mass is 414 g/mol. The van der Waals surface area contributed by atoms with Crippen LogP contribution in [-0.4, -0.2) is 46.8 Å². The second-order valence-corrected chi connectivity index (χ2v) is 7.81. The Morgan fingerprint density at radius 3 is 2.35 bits per heavy atom. The number of nitrogens with zero attached hydrogens (tertiary/aromatic N) is 4. The van der Waals surface area contributed by atoms with E-state index in [2.05, 4.69) is 46.4 Å². The summed E-state index contributed by atoms with van der Waals surface area (Å²) < 4.78 is 15.8. The van der Waals surface area contributed by atoms with E-state index in [9.17, 15) is 9.18 Å². The first-order valence-corrected chi connectivity index (χ1v) is 10.5. The topological polar surface area (TPSA) is 41.4 Å². The molecule has 4 aromatic rings. The number of rotatable bonds is 3. The minimum Gasteiger partial charge on any atom is -0.367 e. The van der Waals surface area contributed by atoms with E-state index in [1.165, 1.54) is 27.2 Å². The van der Waals surface area contributed by atoms with Crippen LogP contribution in [0.25, 0.3) is 16.5 Å². The van der Waals surface area contributed by atoms with Crippen LogP contribution in [0.1, 0.15) is 16.2 Å². The highest BCUT2D eigenvalue weighted by Crippen LogP contribution is 2.28. The normalized spacial score (nSPS) is 14.3. The van der Waals surface area contributed by atoms with Crippen molar-refractivity contribution in [2.45, 2.75) is 6.92 Å². The Labute approximate surface area is 180 Å². The van der Waals surface area contributed by atoms with E-state index in [1.807, 2.05) is 17.9 Å². The van der Waals surface area contributed by atoms with Gasteiger partial charge in [-0.1, -0.05) is 48.5 Å². The van der Waals surface area contributed by atoms with Crippen molar-refractivity contribution in [1.29, 1.82) is 0 Å². The number of para-hydroxylation sites is 1. The third-order valence-corrected chi connectivity index (χ3v) is 5.81. The van der Waals surface area contributed by atoms with Gasteiger partial charge >= 0.3 is 0 Å². The number of piperazine rings is 1. The van der Waals surface area contributed by atoms with Gasteiger partial charge < -0.3 is 9.80 Å². The molecule has 5 nitrogen and oxygen atoms in total. The van der Waals surface area contributed by atoms with Crippen LogP contribution in [-0.2, 0) is 0 Å². The Bertz CT molecular complexity index is 1250. The van der Waals surface area contributed by atoms with Crippen molar-refractivity contribution in [1.82, 2.24) is 14.7 Å². The average molecular weight is 414 g/mol. The highest BCUT2D eigenvalue weighted by molar-refractivity contribution is 5.95. The molecule has 0 atom stereocenters. The van der Waals surface area contributed by atoms with Gasteiger partial charge in [0, 0.05) is 37.3 Å². The Balaban J connectivity index is 1.37. The van der Waals surface area contributed by atoms with Crippen LogP contribution in [0, 0.1) is 12.7 Å². The van der Waals surface area contributed by atoms with Crippen molar-refractivity contribution in [3.8, 4) is 5.69 Å². The highest BCUT2D eigenvalue weighted by atomic mass is 19.1. The van der Waals surface area contributed by atoms with E-state index < -0.39 is 5.82 Å². The van der Waals surface area contributed by atoms with Crippen molar-refractivity contribution in [3.63, 3.8) is 0 Å². The molecule has 1 amide bonds. The molecule has 1 aliphatic heterocycles. The maximum absolute atomic E-state index is 14.3. The molecule has 1 saturated heterocycles. The van der Waals surface area contributed by atoms with Gasteiger partial charge in [-0.3, -0.25) is 4.79 Å². The molecule has 0 aliphatic carbocycles. The lowest BCUT2D eigenvalue weighted by molar-refractivity contribution is 0.0737. The molecular weight excluding hydrogens is 391 g/mol. The van der Waals surface area contributed by atoms with E-state index in [0.717, 1.165) is 13.1 Å². The summed E-state index contributed by atoms with van der Waals surface area (Å²) in [6.45, 7) is 4.50. The van der Waals surface area contributed by atoms with Crippen LogP contribution >= 0.6 is 0 Å². The van der Waals surface area contributed by atoms with Gasteiger partial charge in [-0.2, -0.15) is 5.10 Å². The van der Waals surface area contributed by atoms with Crippen LogP contribution in [0.2, 0.25) is 0 Å². The number of halogens is 1. The van der Waals surface area contributed by atoms with Gasteiger partial charge in [0.2, 0.25) is 0 Å². The van der Waals surface area contributed by atoms with Crippen molar-refractivity contribution in [2.75, 3.05) is 31.1 Å². The molecule has 0 N–H and O–H groups in total. The van der Waals surface area contributed by atoms with Gasteiger partial charge in [0.05, 0.1) is 5.69 Å². The van der Waals surface area contributed by atoms with E-state index in [4.69, 9.17) is 0 Å². The average Bonchev–Trinajstić information content (AvgIpc) is 3.20. The van der Waals surface area contributed by atoms with E-state index >= 15 is 0 Å². The standard InChI is InChI=1S/C25H23FN4O/c1-18-17-24(30(27-18)23-11-5-4-10-21(23)26)25(31)29-15-13-28(14-16-29)22-12-6-8-19-7-2-3-9-20(19)22/h2-12,17H,13-16H2,1H3.